The van der Waals surface area contributed by atoms with Crippen LogP contribution >= 0.6 is 0 Å². The lowest BCUT2D eigenvalue weighted by Crippen LogP contribution is -2.23. The molecule has 99 heavy (non-hydrogen) atoms. The predicted molar refractivity (Wildman–Crippen MR) is 380 cm³/mol. The van der Waals surface area contributed by atoms with Crippen LogP contribution in [0.1, 0.15) is 145 Å². The summed E-state index contributed by atoms with van der Waals surface area (Å²) in [6.45, 7) is 11.0. The van der Waals surface area contributed by atoms with Gasteiger partial charge in [0.25, 0.3) is 0 Å². The molecule has 0 saturated heterocycles. The Balaban J connectivity index is 0.000000150. The summed E-state index contributed by atoms with van der Waals surface area (Å²) in [5, 5.41) is 53.3. The highest BCUT2D eigenvalue weighted by atomic mass is 32.2. The highest BCUT2D eigenvalue weighted by Gasteiger charge is 2.30. The third-order valence-corrected chi connectivity index (χ3v) is 20.7. The number of nitrogens with one attached hydrogen (secondary N) is 3. The van der Waals surface area contributed by atoms with Crippen molar-refractivity contribution >= 4 is 54.1 Å². The van der Waals surface area contributed by atoms with E-state index in [0.717, 1.165) is 143 Å². The maximum atomic E-state index is 11.8. The van der Waals surface area contributed by atoms with Gasteiger partial charge in [-0.05, 0) is 133 Å². The molecule has 29 heteroatoms. The lowest BCUT2D eigenvalue weighted by Gasteiger charge is -2.25. The van der Waals surface area contributed by atoms with Crippen molar-refractivity contribution in [2.75, 3.05) is 75.4 Å². The van der Waals surface area contributed by atoms with E-state index in [1.807, 2.05) is 82.1 Å². The van der Waals surface area contributed by atoms with Crippen molar-refractivity contribution in [3.8, 4) is 33.4 Å². The molecule has 530 valence electrons. The molecule has 0 aliphatic heterocycles. The summed E-state index contributed by atoms with van der Waals surface area (Å²) in [5.41, 5.74) is 13.0. The number of nitrogens with zero attached hydrogens (tertiary/aromatic N) is 15. The van der Waals surface area contributed by atoms with Crippen molar-refractivity contribution in [3.63, 3.8) is 0 Å². The standard InChI is InChI=1S/C25H31N7O2.C23H31N5O3S.C22H32N6O4S/c1-17(16-34-2)29-25-27-13-24-22(10-23(32(24)30-25)19-5-7-21(33)8-6-19)20-12-28-31(15-20)14-18-4-3-9-26-11-18;1-15-5-7-17(8-6-15)20-11-19(18-9-10-22(24-12-18)32(4,29)30)21-13-25-23(27-28(20)21)26-16(2)14-31-3;1-15(14-32-2)25-22-23-12-21-19(17-11-24-27(13-17)8-9-33(3,30)31)10-20(28(21)26-22)16-4-6-18(29)7-5-16/h3-4,9-13,15,17,19,21,33H,5-8,14,16H2,1-2H3,(H,29,30);9-13,15-17H,5-8,14H2,1-4H3,(H,26,27);10-13,15-16,18,29H,4-9,14H2,1-3H3,(H,25,26)/t17-,19?,21?;15?,16-,17?;15-,16?,18?/m000/s1. The molecule has 3 fully saturated rings. The fourth-order valence-electron chi connectivity index (χ4n) is 13.6. The van der Waals surface area contributed by atoms with E-state index in [1.165, 1.54) is 24.8 Å². The van der Waals surface area contributed by atoms with Crippen LogP contribution < -0.4 is 16.0 Å². The molecule has 0 bridgehead atoms. The van der Waals surface area contributed by atoms with Crippen molar-refractivity contribution in [1.82, 2.24) is 73.3 Å². The van der Waals surface area contributed by atoms with E-state index in [-0.39, 0.29) is 47.0 Å². The van der Waals surface area contributed by atoms with Crippen molar-refractivity contribution in [3.05, 3.63) is 127 Å². The van der Waals surface area contributed by atoms with Gasteiger partial charge in [-0.1, -0.05) is 25.8 Å². The number of aliphatic hydroxyl groups excluding tert-OH is 2. The summed E-state index contributed by atoms with van der Waals surface area (Å²) < 4.78 is 71.8. The maximum Gasteiger partial charge on any atom is 0.241 e. The number of aliphatic hydroxyl groups is 2. The van der Waals surface area contributed by atoms with Crippen molar-refractivity contribution in [1.29, 1.82) is 0 Å². The van der Waals surface area contributed by atoms with E-state index in [9.17, 15) is 27.0 Å². The summed E-state index contributed by atoms with van der Waals surface area (Å²) in [4.78, 5) is 22.0. The first kappa shape index (κ1) is 71.9. The van der Waals surface area contributed by atoms with Gasteiger partial charge < -0.3 is 40.4 Å². The third kappa shape index (κ3) is 18.4. The Hall–Kier alpha value is -8.32. The number of methoxy groups -OCH3 is 3. The van der Waals surface area contributed by atoms with Crippen LogP contribution in [0.5, 0.6) is 0 Å². The van der Waals surface area contributed by atoms with Gasteiger partial charge in [-0.25, -0.2) is 50.3 Å². The smallest absolute Gasteiger partial charge is 0.241 e. The topological polar surface area (TPSA) is 325 Å². The molecule has 27 nitrogen and oxygen atoms in total. The Bertz CT molecular complexity index is 4520. The van der Waals surface area contributed by atoms with E-state index < -0.39 is 19.7 Å². The Morgan fingerprint density at radius 1 is 0.525 bits per heavy atom. The van der Waals surface area contributed by atoms with E-state index in [0.29, 0.717) is 62.6 Å². The molecule has 3 aliphatic carbocycles. The first-order valence-electron chi connectivity index (χ1n) is 34.2. The van der Waals surface area contributed by atoms with Crippen molar-refractivity contribution in [2.45, 2.75) is 171 Å². The molecule has 10 heterocycles. The minimum Gasteiger partial charge on any atom is -0.393 e. The van der Waals surface area contributed by atoms with Gasteiger partial charge >= 0.3 is 0 Å². The van der Waals surface area contributed by atoms with E-state index in [2.05, 4.69) is 82.4 Å². The highest BCUT2D eigenvalue weighted by molar-refractivity contribution is 7.90. The number of pyridine rings is 2. The van der Waals surface area contributed by atoms with Crippen LogP contribution in [0.2, 0.25) is 0 Å². The van der Waals surface area contributed by atoms with Gasteiger partial charge in [0, 0.05) is 151 Å². The van der Waals surface area contributed by atoms with Crippen molar-refractivity contribution < 1.29 is 41.3 Å². The summed E-state index contributed by atoms with van der Waals surface area (Å²) >= 11 is 0. The van der Waals surface area contributed by atoms with Gasteiger partial charge in [0.15, 0.2) is 14.9 Å². The zero-order valence-corrected chi connectivity index (χ0v) is 59.6. The average Bonchev–Trinajstić information content (AvgIpc) is 1.63. The fourth-order valence-corrected chi connectivity index (χ4v) is 14.6. The van der Waals surface area contributed by atoms with Crippen LogP contribution in [-0.4, -0.2) is 190 Å². The van der Waals surface area contributed by atoms with Gasteiger partial charge in [0.05, 0.1) is 98.4 Å². The van der Waals surface area contributed by atoms with E-state index >= 15 is 0 Å². The largest absolute Gasteiger partial charge is 0.393 e. The van der Waals surface area contributed by atoms with Gasteiger partial charge in [-0.2, -0.15) is 10.2 Å². The molecule has 3 aliphatic rings. The highest BCUT2D eigenvalue weighted by Crippen LogP contribution is 2.42. The van der Waals surface area contributed by atoms with E-state index in [4.69, 9.17) is 29.5 Å². The second-order valence-electron chi connectivity index (χ2n) is 27.1. The Kier molecular flexibility index (Phi) is 23.5. The quantitative estimate of drug-likeness (QED) is 0.0376. The number of aromatic nitrogens is 15. The number of aryl methyl sites for hydroxylation is 1. The first-order valence-corrected chi connectivity index (χ1v) is 38.1. The second-order valence-corrected chi connectivity index (χ2v) is 31.3. The molecule has 0 amide bonds. The molecule has 3 saturated carbocycles. The average molecular weight is 1400 g/mol. The van der Waals surface area contributed by atoms with Crippen LogP contribution in [-0.2, 0) is 47.0 Å². The zero-order chi connectivity index (χ0) is 70.0. The molecule has 0 unspecified atom stereocenters. The lowest BCUT2D eigenvalue weighted by atomic mass is 9.81. The number of fused-ring (bicyclic) bond motifs is 3. The van der Waals surface area contributed by atoms with Gasteiger partial charge in [0.2, 0.25) is 17.8 Å². The van der Waals surface area contributed by atoms with Crippen LogP contribution in [0.25, 0.3) is 49.9 Å². The molecule has 0 radical (unpaired) electrons. The molecule has 13 rings (SSSR count). The third-order valence-electron chi connectivity index (χ3n) is 18.7. The summed E-state index contributed by atoms with van der Waals surface area (Å²) in [5.74, 6) is 3.50. The normalized spacial score (nSPS) is 20.0. The minimum absolute atomic E-state index is 0.0398. The van der Waals surface area contributed by atoms with Crippen LogP contribution in [0.3, 0.4) is 0 Å². The first-order chi connectivity index (χ1) is 47.6. The summed E-state index contributed by atoms with van der Waals surface area (Å²) in [7, 11) is -1.39. The number of rotatable bonds is 24. The summed E-state index contributed by atoms with van der Waals surface area (Å²) in [6.07, 6.45) is 31.8. The molecular weight excluding hydrogens is 1300 g/mol. The lowest BCUT2D eigenvalue weighted by molar-refractivity contribution is 0.121. The summed E-state index contributed by atoms with van der Waals surface area (Å²) in [6, 6.07) is 14.1. The molecule has 0 spiro atoms. The van der Waals surface area contributed by atoms with Gasteiger partial charge in [-0.3, -0.25) is 14.3 Å². The molecule has 10 aromatic rings. The number of hydrogen-bond acceptors (Lipinski definition) is 22. The monoisotopic (exact) mass is 1390 g/mol. The molecule has 0 aromatic carbocycles. The molecule has 10 aromatic heterocycles. The fraction of sp³-hybridized carbons (Fsp3) is 0.514. The van der Waals surface area contributed by atoms with E-state index in [1.54, 1.807) is 62.9 Å². The number of sulfone groups is 2. The Labute approximate surface area is 578 Å². The van der Waals surface area contributed by atoms with Crippen LogP contribution in [0, 0.1) is 5.92 Å². The second kappa shape index (κ2) is 32.3. The number of anilines is 3. The Morgan fingerprint density at radius 2 is 0.949 bits per heavy atom. The SMILES string of the molecule is COC[C@H](C)Nc1ncc2c(-c3ccc(S(C)(=O)=O)nc3)cc(C3CCC(C)CC3)n2n1.COC[C@H](C)Nc1ncc2c(-c3cnn(CCS(C)(=O)=O)c3)cc(C3CCC(O)CC3)n2n1.COC[C@H](C)Nc1ncc2c(-c3cnn(Cc4cccnc4)c3)cc(C3CCC(O)CC3)n2n1. The van der Waals surface area contributed by atoms with Crippen LogP contribution in [0.4, 0.5) is 17.8 Å². The minimum atomic E-state index is -3.34. The van der Waals surface area contributed by atoms with Crippen LogP contribution in [0.15, 0.2) is 109 Å². The Morgan fingerprint density at radius 3 is 1.34 bits per heavy atom. The molecular formula is C70H94N18O9S2. The predicted octanol–water partition coefficient (Wildman–Crippen LogP) is 9.54. The molecule has 5 N–H and O–H groups in total. The maximum absolute atomic E-state index is 11.8. The zero-order valence-electron chi connectivity index (χ0n) is 58.0. The van der Waals surface area contributed by atoms with Gasteiger partial charge in [0.1, 0.15) is 9.84 Å². The number of ether oxygens (including phenoxy) is 3. The van der Waals surface area contributed by atoms with Gasteiger partial charge in [-0.15, -0.1) is 15.3 Å². The number of hydrogen-bond donors (Lipinski definition) is 5. The molecule has 3 atom stereocenters. The van der Waals surface area contributed by atoms with Crippen molar-refractivity contribution in [2.24, 2.45) is 5.92 Å².